The van der Waals surface area contributed by atoms with Crippen molar-refractivity contribution in [2.75, 3.05) is 44.9 Å². The van der Waals surface area contributed by atoms with Crippen molar-refractivity contribution >= 4 is 17.0 Å². The average molecular weight is 351 g/mol. The van der Waals surface area contributed by atoms with E-state index in [4.69, 9.17) is 4.74 Å². The first-order valence-corrected chi connectivity index (χ1v) is 8.29. The molecule has 1 unspecified atom stereocenters. The maximum Gasteiger partial charge on any atom is 0.165 e. The number of fused-ring (bicyclic) bond motifs is 1. The zero-order chi connectivity index (χ0) is 18.1. The lowest BCUT2D eigenvalue weighted by molar-refractivity contribution is 0.0126. The lowest BCUT2D eigenvalue weighted by Crippen LogP contribution is -2.39. The molecular weight excluding hydrogens is 326 g/mol. The summed E-state index contributed by atoms with van der Waals surface area (Å²) in [5.74, 6) is 0.617. The molecule has 25 heavy (non-hydrogen) atoms. The first-order valence-electron chi connectivity index (χ1n) is 8.29. The molecule has 0 saturated carbocycles. The molecule has 0 aromatic carbocycles. The molecule has 1 saturated heterocycles. The summed E-state index contributed by atoms with van der Waals surface area (Å²) in [5, 5.41) is 29.5. The quantitative estimate of drug-likeness (QED) is 0.606. The van der Waals surface area contributed by atoms with Gasteiger partial charge < -0.3 is 29.5 Å². The second-order valence-electron chi connectivity index (χ2n) is 7.25. The van der Waals surface area contributed by atoms with Crippen LogP contribution in [0.2, 0.25) is 0 Å². The Hall–Kier alpha value is -1.81. The normalized spacial score (nSPS) is 21.2. The molecule has 1 aliphatic heterocycles. The number of aliphatic hydroxyl groups excluding tert-OH is 2. The third kappa shape index (κ3) is 3.59. The van der Waals surface area contributed by atoms with Gasteiger partial charge in [-0.3, -0.25) is 0 Å². The van der Waals surface area contributed by atoms with Gasteiger partial charge in [0.05, 0.1) is 32.7 Å². The van der Waals surface area contributed by atoms with Gasteiger partial charge in [0, 0.05) is 32.0 Å². The second kappa shape index (κ2) is 6.83. The molecule has 9 nitrogen and oxygen atoms in total. The fraction of sp³-hybridized carbons (Fsp3) is 0.688. The third-order valence-electron chi connectivity index (χ3n) is 4.67. The van der Waals surface area contributed by atoms with Gasteiger partial charge >= 0.3 is 0 Å². The first-order chi connectivity index (χ1) is 11.9. The Morgan fingerprint density at radius 1 is 1.32 bits per heavy atom. The molecule has 9 heteroatoms. The highest BCUT2D eigenvalue weighted by atomic mass is 16.5. The van der Waals surface area contributed by atoms with E-state index in [0.717, 1.165) is 0 Å². The van der Waals surface area contributed by atoms with E-state index in [0.29, 0.717) is 49.7 Å². The maximum atomic E-state index is 10.5. The number of hydrogen-bond acceptors (Lipinski definition) is 8. The zero-order valence-electron chi connectivity index (χ0n) is 14.6. The van der Waals surface area contributed by atoms with E-state index in [9.17, 15) is 15.3 Å². The van der Waals surface area contributed by atoms with Crippen LogP contribution in [-0.2, 0) is 11.3 Å². The lowest BCUT2D eigenvalue weighted by atomic mass is 9.92. The maximum absolute atomic E-state index is 10.5. The van der Waals surface area contributed by atoms with Gasteiger partial charge in [0.15, 0.2) is 17.0 Å². The van der Waals surface area contributed by atoms with Crippen molar-refractivity contribution in [1.82, 2.24) is 19.5 Å². The highest BCUT2D eigenvalue weighted by molar-refractivity contribution is 5.83. The SMILES string of the molecule is CN(CC(C)(CO)CO)c1ncnc2c1ncn2CC1(O)CCOC1. The molecular formula is C16H25N5O4. The molecule has 3 N–H and O–H groups in total. The summed E-state index contributed by atoms with van der Waals surface area (Å²) in [6.07, 6.45) is 3.68. The molecule has 2 aromatic heterocycles. The van der Waals surface area contributed by atoms with Crippen LogP contribution in [0, 0.1) is 5.41 Å². The van der Waals surface area contributed by atoms with E-state index in [1.807, 2.05) is 11.9 Å². The number of imidazole rings is 1. The molecule has 0 spiro atoms. The largest absolute Gasteiger partial charge is 0.396 e. The van der Waals surface area contributed by atoms with Gasteiger partial charge in [0.2, 0.25) is 0 Å². The van der Waals surface area contributed by atoms with Crippen molar-refractivity contribution in [2.45, 2.75) is 25.5 Å². The molecule has 1 atom stereocenters. The Morgan fingerprint density at radius 3 is 2.72 bits per heavy atom. The van der Waals surface area contributed by atoms with E-state index >= 15 is 0 Å². The van der Waals surface area contributed by atoms with Crippen LogP contribution in [0.4, 0.5) is 5.82 Å². The number of nitrogens with zero attached hydrogens (tertiary/aromatic N) is 5. The molecule has 0 radical (unpaired) electrons. The molecule has 3 heterocycles. The van der Waals surface area contributed by atoms with Crippen molar-refractivity contribution in [2.24, 2.45) is 5.41 Å². The summed E-state index contributed by atoms with van der Waals surface area (Å²) in [7, 11) is 1.84. The van der Waals surface area contributed by atoms with Gasteiger partial charge in [-0.25, -0.2) is 15.0 Å². The van der Waals surface area contributed by atoms with Crippen LogP contribution < -0.4 is 4.90 Å². The topological polar surface area (TPSA) is 117 Å². The molecule has 1 fully saturated rings. The van der Waals surface area contributed by atoms with E-state index < -0.39 is 11.0 Å². The molecule has 0 amide bonds. The van der Waals surface area contributed by atoms with Crippen LogP contribution in [0.3, 0.4) is 0 Å². The molecule has 3 rings (SSSR count). The van der Waals surface area contributed by atoms with E-state index in [-0.39, 0.29) is 13.2 Å². The fourth-order valence-electron chi connectivity index (χ4n) is 3.10. The van der Waals surface area contributed by atoms with Crippen LogP contribution in [-0.4, -0.2) is 80.5 Å². The highest BCUT2D eigenvalue weighted by Gasteiger charge is 2.33. The minimum Gasteiger partial charge on any atom is -0.396 e. The third-order valence-corrected chi connectivity index (χ3v) is 4.67. The highest BCUT2D eigenvalue weighted by Crippen LogP contribution is 2.27. The van der Waals surface area contributed by atoms with Crippen LogP contribution in [0.15, 0.2) is 12.7 Å². The monoisotopic (exact) mass is 351 g/mol. The lowest BCUT2D eigenvalue weighted by Gasteiger charge is -2.30. The summed E-state index contributed by atoms with van der Waals surface area (Å²) in [6, 6.07) is 0. The number of aliphatic hydroxyl groups is 3. The van der Waals surface area contributed by atoms with Gasteiger partial charge in [-0.15, -0.1) is 0 Å². The number of ether oxygens (including phenoxy) is 1. The molecule has 0 aliphatic carbocycles. The van der Waals surface area contributed by atoms with Gasteiger partial charge in [-0.05, 0) is 0 Å². The van der Waals surface area contributed by atoms with Gasteiger partial charge in [0.1, 0.15) is 11.9 Å². The first kappa shape index (κ1) is 18.0. The Bertz CT molecular complexity index is 724. The van der Waals surface area contributed by atoms with Crippen molar-refractivity contribution in [3.8, 4) is 0 Å². The summed E-state index contributed by atoms with van der Waals surface area (Å²) in [6.45, 7) is 3.15. The number of hydrogen-bond donors (Lipinski definition) is 3. The Morgan fingerprint density at radius 2 is 2.08 bits per heavy atom. The zero-order valence-corrected chi connectivity index (χ0v) is 14.6. The van der Waals surface area contributed by atoms with Gasteiger partial charge in [-0.1, -0.05) is 6.92 Å². The molecule has 0 bridgehead atoms. The van der Waals surface area contributed by atoms with Crippen molar-refractivity contribution in [1.29, 1.82) is 0 Å². The second-order valence-corrected chi connectivity index (χ2v) is 7.25. The Kier molecular flexibility index (Phi) is 4.92. The predicted molar refractivity (Wildman–Crippen MR) is 91.3 cm³/mol. The Labute approximate surface area is 145 Å². The standard InChI is InChI=1S/C16H25N5O4/c1-15(7-22,8-23)5-20(2)13-12-14(18-10-17-13)21(11-19-12)6-16(24)3-4-25-9-16/h10-11,22-24H,3-9H2,1-2H3. The van der Waals surface area contributed by atoms with E-state index in [1.54, 1.807) is 17.8 Å². The van der Waals surface area contributed by atoms with Gasteiger partial charge in [-0.2, -0.15) is 0 Å². The minimum atomic E-state index is -0.906. The van der Waals surface area contributed by atoms with Crippen molar-refractivity contribution in [3.63, 3.8) is 0 Å². The van der Waals surface area contributed by atoms with E-state index in [2.05, 4.69) is 15.0 Å². The van der Waals surface area contributed by atoms with Crippen molar-refractivity contribution in [3.05, 3.63) is 12.7 Å². The summed E-state index contributed by atoms with van der Waals surface area (Å²) in [5.41, 5.74) is -0.306. The number of aromatic nitrogens is 4. The van der Waals surface area contributed by atoms with Crippen LogP contribution in [0.5, 0.6) is 0 Å². The van der Waals surface area contributed by atoms with Crippen LogP contribution in [0.1, 0.15) is 13.3 Å². The molecule has 2 aromatic rings. The smallest absolute Gasteiger partial charge is 0.165 e. The number of anilines is 1. The van der Waals surface area contributed by atoms with E-state index in [1.165, 1.54) is 6.33 Å². The molecule has 138 valence electrons. The van der Waals surface area contributed by atoms with Crippen LogP contribution in [0.25, 0.3) is 11.2 Å². The summed E-state index contributed by atoms with van der Waals surface area (Å²) >= 11 is 0. The fourth-order valence-corrected chi connectivity index (χ4v) is 3.10. The minimum absolute atomic E-state index is 0.135. The average Bonchev–Trinajstić information content (AvgIpc) is 3.21. The number of rotatable bonds is 7. The summed E-state index contributed by atoms with van der Waals surface area (Å²) in [4.78, 5) is 14.9. The van der Waals surface area contributed by atoms with Crippen molar-refractivity contribution < 1.29 is 20.1 Å². The predicted octanol–water partition coefficient (Wildman–Crippen LogP) is -0.595. The molecule has 1 aliphatic rings. The van der Waals surface area contributed by atoms with Gasteiger partial charge in [0.25, 0.3) is 0 Å². The Balaban J connectivity index is 1.88. The van der Waals surface area contributed by atoms with Crippen LogP contribution >= 0.6 is 0 Å². The summed E-state index contributed by atoms with van der Waals surface area (Å²) < 4.78 is 7.10.